The molecule has 1 rings (SSSR count). The summed E-state index contributed by atoms with van der Waals surface area (Å²) in [6.45, 7) is 4.13. The van der Waals surface area contributed by atoms with Gasteiger partial charge in [-0.05, 0) is 17.5 Å². The van der Waals surface area contributed by atoms with E-state index in [-0.39, 0.29) is 17.5 Å². The molecule has 1 N–H and O–H groups in total. The van der Waals surface area contributed by atoms with Gasteiger partial charge in [0, 0.05) is 12.1 Å². The molecule has 5 heteroatoms. The number of methoxy groups -OCH3 is 1. The number of halogens is 2. The van der Waals surface area contributed by atoms with Crippen LogP contribution in [0.15, 0.2) is 24.3 Å². The number of benzene rings is 1. The van der Waals surface area contributed by atoms with Crippen LogP contribution in [0.5, 0.6) is 0 Å². The second kappa shape index (κ2) is 7.19. The maximum Gasteiger partial charge on any atom is 0.323 e. The molecule has 0 saturated heterocycles. The lowest BCUT2D eigenvalue weighted by atomic mass is 10.0. The van der Waals surface area contributed by atoms with Gasteiger partial charge in [0.05, 0.1) is 7.11 Å². The highest BCUT2D eigenvalue weighted by molar-refractivity contribution is 5.75. The van der Waals surface area contributed by atoms with Crippen LogP contribution in [-0.4, -0.2) is 19.1 Å². The minimum atomic E-state index is -2.48. The minimum absolute atomic E-state index is 0.0153. The zero-order valence-corrected chi connectivity index (χ0v) is 11.3. The van der Waals surface area contributed by atoms with Crippen LogP contribution in [0.3, 0.4) is 0 Å². The third-order valence-corrected chi connectivity index (χ3v) is 2.85. The Morgan fingerprint density at radius 1 is 1.37 bits per heavy atom. The predicted molar refractivity (Wildman–Crippen MR) is 68.9 cm³/mol. The highest BCUT2D eigenvalue weighted by atomic mass is 19.3. The molecule has 0 spiro atoms. The summed E-state index contributed by atoms with van der Waals surface area (Å²) in [5, 5.41) is 3.03. The lowest BCUT2D eigenvalue weighted by molar-refractivity contribution is -0.144. The molecule has 3 nitrogen and oxygen atoms in total. The Labute approximate surface area is 112 Å². The predicted octanol–water partition coefficient (Wildman–Crippen LogP) is 2.91. The van der Waals surface area contributed by atoms with E-state index in [2.05, 4.69) is 5.32 Å². The minimum Gasteiger partial charge on any atom is -0.468 e. The number of ether oxygens (including phenoxy) is 1. The van der Waals surface area contributed by atoms with E-state index in [1.165, 1.54) is 19.2 Å². The Bertz CT molecular complexity index is 422. The Hall–Kier alpha value is -1.49. The van der Waals surface area contributed by atoms with Gasteiger partial charge in [-0.15, -0.1) is 0 Å². The van der Waals surface area contributed by atoms with Gasteiger partial charge in [-0.2, -0.15) is 0 Å². The normalized spacial score (nSPS) is 12.8. The maximum atomic E-state index is 12.6. The Kier molecular flexibility index (Phi) is 5.89. The van der Waals surface area contributed by atoms with Crippen molar-refractivity contribution in [3.05, 3.63) is 35.4 Å². The molecule has 1 atom stereocenters. The van der Waals surface area contributed by atoms with Crippen molar-refractivity contribution in [2.24, 2.45) is 5.92 Å². The van der Waals surface area contributed by atoms with Gasteiger partial charge >= 0.3 is 5.97 Å². The van der Waals surface area contributed by atoms with E-state index in [4.69, 9.17) is 4.74 Å². The van der Waals surface area contributed by atoms with E-state index < -0.39 is 12.5 Å². The van der Waals surface area contributed by atoms with E-state index in [9.17, 15) is 13.6 Å². The first-order valence-corrected chi connectivity index (χ1v) is 6.14. The molecule has 0 heterocycles. The number of rotatable bonds is 6. The first-order chi connectivity index (χ1) is 8.95. The summed E-state index contributed by atoms with van der Waals surface area (Å²) in [4.78, 5) is 11.5. The smallest absolute Gasteiger partial charge is 0.323 e. The van der Waals surface area contributed by atoms with Crippen LogP contribution in [0, 0.1) is 5.92 Å². The summed E-state index contributed by atoms with van der Waals surface area (Å²) in [5.41, 5.74) is 0.700. The fraction of sp³-hybridized carbons (Fsp3) is 0.500. The largest absolute Gasteiger partial charge is 0.468 e. The maximum absolute atomic E-state index is 12.6. The molecular weight excluding hydrogens is 252 g/mol. The van der Waals surface area contributed by atoms with Crippen molar-refractivity contribution in [1.82, 2.24) is 5.32 Å². The fourth-order valence-electron chi connectivity index (χ4n) is 1.78. The Balaban J connectivity index is 2.69. The number of carbonyl (C=O) groups is 1. The average molecular weight is 271 g/mol. The Morgan fingerprint density at radius 2 is 2.05 bits per heavy atom. The van der Waals surface area contributed by atoms with E-state index >= 15 is 0 Å². The molecule has 0 aliphatic carbocycles. The van der Waals surface area contributed by atoms with Gasteiger partial charge in [-0.1, -0.05) is 32.0 Å². The first kappa shape index (κ1) is 15.6. The highest BCUT2D eigenvalue weighted by Gasteiger charge is 2.22. The molecular formula is C14H19F2NO2. The SMILES string of the molecule is COC(=O)C(NCc1cccc(C(F)F)c1)C(C)C. The quantitative estimate of drug-likeness (QED) is 0.808. The van der Waals surface area contributed by atoms with Gasteiger partial charge in [0.25, 0.3) is 6.43 Å². The van der Waals surface area contributed by atoms with Crippen LogP contribution in [0.2, 0.25) is 0 Å². The summed E-state index contributed by atoms with van der Waals surface area (Å²) in [6.07, 6.45) is -2.48. The van der Waals surface area contributed by atoms with Crippen molar-refractivity contribution < 1.29 is 18.3 Å². The molecule has 0 fully saturated rings. The van der Waals surface area contributed by atoms with E-state index in [1.807, 2.05) is 13.8 Å². The molecule has 0 saturated carbocycles. The lowest BCUT2D eigenvalue weighted by Crippen LogP contribution is -2.41. The van der Waals surface area contributed by atoms with Crippen LogP contribution < -0.4 is 5.32 Å². The molecule has 0 aliphatic heterocycles. The molecule has 19 heavy (non-hydrogen) atoms. The van der Waals surface area contributed by atoms with Crippen molar-refractivity contribution in [3.8, 4) is 0 Å². The third kappa shape index (κ3) is 4.59. The van der Waals surface area contributed by atoms with Gasteiger partial charge < -0.3 is 10.1 Å². The summed E-state index contributed by atoms with van der Waals surface area (Å²) in [7, 11) is 1.33. The van der Waals surface area contributed by atoms with Gasteiger partial charge in [0.1, 0.15) is 6.04 Å². The molecule has 0 aromatic heterocycles. The van der Waals surface area contributed by atoms with Crippen molar-refractivity contribution in [1.29, 1.82) is 0 Å². The first-order valence-electron chi connectivity index (χ1n) is 6.14. The fourth-order valence-corrected chi connectivity index (χ4v) is 1.78. The molecule has 1 unspecified atom stereocenters. The summed E-state index contributed by atoms with van der Waals surface area (Å²) in [6, 6.07) is 5.70. The van der Waals surface area contributed by atoms with E-state index in [1.54, 1.807) is 12.1 Å². The van der Waals surface area contributed by atoms with Crippen LogP contribution in [0.25, 0.3) is 0 Å². The van der Waals surface area contributed by atoms with Gasteiger partial charge in [-0.3, -0.25) is 4.79 Å². The molecule has 0 bridgehead atoms. The number of esters is 1. The molecule has 106 valence electrons. The standard InChI is InChI=1S/C14H19F2NO2/c1-9(2)12(14(18)19-3)17-8-10-5-4-6-11(7-10)13(15)16/h4-7,9,12-13,17H,8H2,1-3H3. The molecule has 1 aromatic rings. The van der Waals surface area contributed by atoms with Gasteiger partial charge in [-0.25, -0.2) is 8.78 Å². The zero-order valence-electron chi connectivity index (χ0n) is 11.3. The third-order valence-electron chi connectivity index (χ3n) is 2.85. The second-order valence-corrected chi connectivity index (χ2v) is 4.67. The molecule has 1 aromatic carbocycles. The van der Waals surface area contributed by atoms with Crippen LogP contribution in [0.1, 0.15) is 31.4 Å². The monoisotopic (exact) mass is 271 g/mol. The second-order valence-electron chi connectivity index (χ2n) is 4.67. The number of hydrogen-bond donors (Lipinski definition) is 1. The molecule has 0 amide bonds. The van der Waals surface area contributed by atoms with Crippen LogP contribution in [-0.2, 0) is 16.1 Å². The van der Waals surface area contributed by atoms with Crippen LogP contribution >= 0.6 is 0 Å². The highest BCUT2D eigenvalue weighted by Crippen LogP contribution is 2.19. The summed E-state index contributed by atoms with van der Waals surface area (Å²) >= 11 is 0. The lowest BCUT2D eigenvalue weighted by Gasteiger charge is -2.20. The van der Waals surface area contributed by atoms with Crippen molar-refractivity contribution in [2.45, 2.75) is 32.9 Å². The van der Waals surface area contributed by atoms with E-state index in [0.717, 1.165) is 0 Å². The zero-order chi connectivity index (χ0) is 14.4. The number of nitrogens with one attached hydrogen (secondary N) is 1. The molecule has 0 radical (unpaired) electrons. The van der Waals surface area contributed by atoms with Crippen molar-refractivity contribution >= 4 is 5.97 Å². The number of hydrogen-bond acceptors (Lipinski definition) is 3. The summed E-state index contributed by atoms with van der Waals surface area (Å²) in [5.74, 6) is -0.286. The van der Waals surface area contributed by atoms with Crippen molar-refractivity contribution in [3.63, 3.8) is 0 Å². The number of carbonyl (C=O) groups excluding carboxylic acids is 1. The topological polar surface area (TPSA) is 38.3 Å². The van der Waals surface area contributed by atoms with Gasteiger partial charge in [0.2, 0.25) is 0 Å². The van der Waals surface area contributed by atoms with Gasteiger partial charge in [0.15, 0.2) is 0 Å². The number of alkyl halides is 2. The molecule has 0 aliphatic rings. The van der Waals surface area contributed by atoms with Crippen molar-refractivity contribution in [2.75, 3.05) is 7.11 Å². The average Bonchev–Trinajstić information content (AvgIpc) is 2.38. The Morgan fingerprint density at radius 3 is 2.58 bits per heavy atom. The van der Waals surface area contributed by atoms with Crippen LogP contribution in [0.4, 0.5) is 8.78 Å². The van der Waals surface area contributed by atoms with E-state index in [0.29, 0.717) is 12.1 Å². The summed E-state index contributed by atoms with van der Waals surface area (Å²) < 4.78 is 29.8.